The number of benzene rings is 2. The van der Waals surface area contributed by atoms with E-state index in [1.165, 1.54) is 30.3 Å². The number of nitrogens with one attached hydrogen (secondary N) is 1. The number of fused-ring (bicyclic) bond motifs is 1. The lowest BCUT2D eigenvalue weighted by Crippen LogP contribution is -2.35. The number of hydrogen-bond acceptors (Lipinski definition) is 7. The van der Waals surface area contributed by atoms with Crippen molar-refractivity contribution >= 4 is 28.9 Å². The quantitative estimate of drug-likeness (QED) is 0.451. The average Bonchev–Trinajstić information content (AvgIpc) is 3.18. The Morgan fingerprint density at radius 2 is 1.76 bits per heavy atom. The third kappa shape index (κ3) is 5.09. The van der Waals surface area contributed by atoms with Crippen molar-refractivity contribution < 1.29 is 28.0 Å². The van der Waals surface area contributed by atoms with Crippen LogP contribution in [-0.4, -0.2) is 34.5 Å². The zero-order valence-electron chi connectivity index (χ0n) is 17.5. The topological polar surface area (TPSA) is 111 Å². The molecule has 0 aliphatic carbocycles. The van der Waals surface area contributed by atoms with Crippen LogP contribution in [0.5, 0.6) is 0 Å². The highest BCUT2D eigenvalue weighted by atomic mass is 19.1. The summed E-state index contributed by atoms with van der Waals surface area (Å²) >= 11 is 0. The van der Waals surface area contributed by atoms with Gasteiger partial charge in [-0.05, 0) is 42.8 Å². The third-order valence-corrected chi connectivity index (χ3v) is 4.80. The minimum absolute atomic E-state index is 0.0203. The normalized spacial score (nSPS) is 10.7. The molecular weight excluding hydrogens is 429 g/mol. The van der Waals surface area contributed by atoms with Crippen LogP contribution in [0, 0.1) is 12.7 Å². The van der Waals surface area contributed by atoms with Gasteiger partial charge in [-0.3, -0.25) is 14.9 Å². The molecule has 8 nitrogen and oxygen atoms in total. The molecule has 0 atom stereocenters. The van der Waals surface area contributed by atoms with Gasteiger partial charge in [0.05, 0.1) is 28.8 Å². The average molecular weight is 447 g/mol. The lowest BCUT2D eigenvalue weighted by molar-refractivity contribution is -0.132. The van der Waals surface area contributed by atoms with Crippen LogP contribution in [0.3, 0.4) is 0 Å². The molecule has 0 unspecified atom stereocenters. The maximum atomic E-state index is 13.3. The molecule has 0 bridgehead atoms. The fourth-order valence-corrected chi connectivity index (χ4v) is 3.25. The molecule has 2 aromatic heterocycles. The van der Waals surface area contributed by atoms with E-state index in [0.29, 0.717) is 22.3 Å². The van der Waals surface area contributed by atoms with Gasteiger partial charge in [-0.25, -0.2) is 14.2 Å². The molecule has 0 spiro atoms. The number of pyridine rings is 1. The molecule has 0 aliphatic rings. The number of aryl methyl sites for hydroxylation is 1. The number of esters is 1. The number of ether oxygens (including phenoxy) is 1. The Balaban J connectivity index is 1.48. The fourth-order valence-electron chi connectivity index (χ4n) is 3.25. The highest BCUT2D eigenvalue weighted by Gasteiger charge is 2.21. The van der Waals surface area contributed by atoms with Gasteiger partial charge in [-0.2, -0.15) is 0 Å². The monoisotopic (exact) mass is 447 g/mol. The van der Waals surface area contributed by atoms with Crippen LogP contribution >= 0.6 is 0 Å². The molecular formula is C24H18FN3O5. The molecule has 2 heterocycles. The second-order valence-corrected chi connectivity index (χ2v) is 7.22. The molecule has 2 amide bonds. The summed E-state index contributed by atoms with van der Waals surface area (Å²) in [5, 5.41) is 6.36. The van der Waals surface area contributed by atoms with E-state index in [9.17, 15) is 18.8 Å². The van der Waals surface area contributed by atoms with Gasteiger partial charge < -0.3 is 9.26 Å². The molecule has 4 rings (SSSR count). The summed E-state index contributed by atoms with van der Waals surface area (Å²) < 4.78 is 23.6. The SMILES string of the molecule is Cc1noc2nc(-c3ccc(F)cc3)cc(C(=O)OCC(=O)NC(=O)Cc3ccccc3)c12. The fraction of sp³-hybridized carbons (Fsp3) is 0.125. The van der Waals surface area contributed by atoms with E-state index < -0.39 is 30.2 Å². The third-order valence-electron chi connectivity index (χ3n) is 4.80. The van der Waals surface area contributed by atoms with Gasteiger partial charge in [0.2, 0.25) is 5.91 Å². The number of carbonyl (C=O) groups excluding carboxylic acids is 3. The summed E-state index contributed by atoms with van der Waals surface area (Å²) in [6.45, 7) is 0.982. The van der Waals surface area contributed by atoms with Crippen molar-refractivity contribution in [2.24, 2.45) is 0 Å². The molecule has 0 aliphatic heterocycles. The van der Waals surface area contributed by atoms with E-state index in [0.717, 1.165) is 5.56 Å². The standard InChI is InChI=1S/C24H18FN3O5/c1-14-22-18(12-19(26-23(22)33-28-14)16-7-9-17(25)10-8-16)24(31)32-13-21(30)27-20(29)11-15-5-3-2-4-6-15/h2-10,12H,11,13H2,1H3,(H,27,29,30). The minimum atomic E-state index is -0.817. The van der Waals surface area contributed by atoms with Crippen molar-refractivity contribution in [1.82, 2.24) is 15.5 Å². The largest absolute Gasteiger partial charge is 0.452 e. The Morgan fingerprint density at radius 1 is 1.03 bits per heavy atom. The number of aromatic nitrogens is 2. The molecule has 166 valence electrons. The number of nitrogens with zero attached hydrogens (tertiary/aromatic N) is 2. The first kappa shape index (κ1) is 21.8. The van der Waals surface area contributed by atoms with Gasteiger partial charge in [0, 0.05) is 5.56 Å². The molecule has 9 heteroatoms. The first-order valence-electron chi connectivity index (χ1n) is 9.97. The first-order chi connectivity index (χ1) is 15.9. The van der Waals surface area contributed by atoms with E-state index in [1.54, 1.807) is 31.2 Å². The highest BCUT2D eigenvalue weighted by molar-refractivity contribution is 6.05. The van der Waals surface area contributed by atoms with Crippen molar-refractivity contribution in [1.29, 1.82) is 0 Å². The molecule has 0 radical (unpaired) electrons. The second kappa shape index (κ2) is 9.39. The predicted molar refractivity (Wildman–Crippen MR) is 116 cm³/mol. The van der Waals surface area contributed by atoms with Crippen molar-refractivity contribution in [3.8, 4) is 11.3 Å². The summed E-state index contributed by atoms with van der Waals surface area (Å²) in [5.74, 6) is -2.50. The molecule has 0 saturated carbocycles. The minimum Gasteiger partial charge on any atom is -0.452 e. The lowest BCUT2D eigenvalue weighted by atomic mass is 10.1. The Morgan fingerprint density at radius 3 is 2.48 bits per heavy atom. The molecule has 0 fully saturated rings. The van der Waals surface area contributed by atoms with Gasteiger partial charge in [0.25, 0.3) is 11.6 Å². The van der Waals surface area contributed by atoms with Crippen molar-refractivity contribution in [2.75, 3.05) is 6.61 Å². The summed E-state index contributed by atoms with van der Waals surface area (Å²) in [7, 11) is 0. The summed E-state index contributed by atoms with van der Waals surface area (Å²) in [6.07, 6.45) is 0.0203. The van der Waals surface area contributed by atoms with E-state index in [4.69, 9.17) is 9.26 Å². The Bertz CT molecular complexity index is 1330. The van der Waals surface area contributed by atoms with Gasteiger partial charge >= 0.3 is 5.97 Å². The molecule has 0 saturated heterocycles. The number of rotatable bonds is 6. The van der Waals surface area contributed by atoms with Crippen LogP contribution in [0.4, 0.5) is 4.39 Å². The maximum Gasteiger partial charge on any atom is 0.339 e. The molecule has 2 aromatic carbocycles. The Labute approximate surface area is 187 Å². The number of carbonyl (C=O) groups is 3. The lowest BCUT2D eigenvalue weighted by Gasteiger charge is -2.08. The van der Waals surface area contributed by atoms with Crippen LogP contribution < -0.4 is 5.32 Å². The second-order valence-electron chi connectivity index (χ2n) is 7.22. The first-order valence-corrected chi connectivity index (χ1v) is 9.97. The van der Waals surface area contributed by atoms with Crippen LogP contribution in [-0.2, 0) is 20.7 Å². The molecule has 33 heavy (non-hydrogen) atoms. The van der Waals surface area contributed by atoms with Crippen LogP contribution in [0.25, 0.3) is 22.4 Å². The van der Waals surface area contributed by atoms with Gasteiger partial charge in [-0.1, -0.05) is 35.5 Å². The Kier molecular flexibility index (Phi) is 6.21. The van der Waals surface area contributed by atoms with Gasteiger partial charge in [0.15, 0.2) is 6.61 Å². The van der Waals surface area contributed by atoms with Crippen LogP contribution in [0.1, 0.15) is 21.6 Å². The van der Waals surface area contributed by atoms with Crippen LogP contribution in [0.2, 0.25) is 0 Å². The number of halogens is 1. The van der Waals surface area contributed by atoms with E-state index in [2.05, 4.69) is 15.5 Å². The molecule has 4 aromatic rings. The highest BCUT2D eigenvalue weighted by Crippen LogP contribution is 2.27. The van der Waals surface area contributed by atoms with Gasteiger partial charge in [-0.15, -0.1) is 0 Å². The summed E-state index contributed by atoms with van der Waals surface area (Å²) in [5.41, 5.74) is 2.23. The van der Waals surface area contributed by atoms with Crippen molar-refractivity contribution in [2.45, 2.75) is 13.3 Å². The predicted octanol–water partition coefficient (Wildman–Crippen LogP) is 3.38. The van der Waals surface area contributed by atoms with Crippen molar-refractivity contribution in [3.05, 3.63) is 83.3 Å². The van der Waals surface area contributed by atoms with E-state index >= 15 is 0 Å². The zero-order chi connectivity index (χ0) is 23.4. The number of hydrogen-bond donors (Lipinski definition) is 1. The Hall–Kier alpha value is -4.40. The van der Waals surface area contributed by atoms with E-state index in [1.807, 2.05) is 6.07 Å². The van der Waals surface area contributed by atoms with E-state index in [-0.39, 0.29) is 17.7 Å². The number of imide groups is 1. The zero-order valence-corrected chi connectivity index (χ0v) is 17.5. The number of amides is 2. The maximum absolute atomic E-state index is 13.3. The summed E-state index contributed by atoms with van der Waals surface area (Å²) in [6, 6.07) is 15.9. The molecule has 1 N–H and O–H groups in total. The summed E-state index contributed by atoms with van der Waals surface area (Å²) in [4.78, 5) is 41.2. The van der Waals surface area contributed by atoms with Crippen LogP contribution in [0.15, 0.2) is 65.2 Å². The van der Waals surface area contributed by atoms with Gasteiger partial charge in [0.1, 0.15) is 5.82 Å². The smallest absolute Gasteiger partial charge is 0.339 e. The van der Waals surface area contributed by atoms with Crippen molar-refractivity contribution in [3.63, 3.8) is 0 Å².